The Labute approximate surface area is 88.5 Å². The summed E-state index contributed by atoms with van der Waals surface area (Å²) in [7, 11) is 1.33. The molecule has 0 heterocycles. The van der Waals surface area contributed by atoms with E-state index in [2.05, 4.69) is 4.74 Å². The van der Waals surface area contributed by atoms with Crippen LogP contribution in [0, 0.1) is 6.92 Å². The summed E-state index contributed by atoms with van der Waals surface area (Å²) in [5.41, 5.74) is 14.2. The van der Waals surface area contributed by atoms with E-state index in [0.29, 0.717) is 11.4 Å². The number of nitrogen functional groups attached to an aromatic ring is 2. The molecule has 0 atom stereocenters. The van der Waals surface area contributed by atoms with Gasteiger partial charge in [0.25, 0.3) is 0 Å². The Balaban J connectivity index is 2.97. The van der Waals surface area contributed by atoms with Gasteiger partial charge in [-0.25, -0.2) is 4.79 Å². The zero-order chi connectivity index (χ0) is 11.4. The number of rotatable bonds is 2. The number of anilines is 2. The van der Waals surface area contributed by atoms with E-state index in [1.54, 1.807) is 12.1 Å². The zero-order valence-electron chi connectivity index (χ0n) is 8.78. The van der Waals surface area contributed by atoms with Crippen LogP contribution in [0.15, 0.2) is 18.2 Å². The van der Waals surface area contributed by atoms with Gasteiger partial charge in [-0.05, 0) is 36.3 Å². The molecule has 0 saturated carbocycles. The highest BCUT2D eigenvalue weighted by atomic mass is 16.5. The van der Waals surface area contributed by atoms with Crippen LogP contribution in [0.25, 0.3) is 6.08 Å². The highest BCUT2D eigenvalue weighted by Gasteiger charge is 2.00. The average molecular weight is 206 g/mol. The van der Waals surface area contributed by atoms with Crippen molar-refractivity contribution in [3.63, 3.8) is 0 Å². The van der Waals surface area contributed by atoms with Crippen LogP contribution < -0.4 is 11.5 Å². The van der Waals surface area contributed by atoms with Crippen molar-refractivity contribution < 1.29 is 9.53 Å². The van der Waals surface area contributed by atoms with Gasteiger partial charge in [0.15, 0.2) is 0 Å². The number of ether oxygens (including phenoxy) is 1. The molecule has 1 rings (SSSR count). The Morgan fingerprint density at radius 1 is 1.40 bits per heavy atom. The average Bonchev–Trinajstić information content (AvgIpc) is 2.22. The molecule has 15 heavy (non-hydrogen) atoms. The summed E-state index contributed by atoms with van der Waals surface area (Å²) < 4.78 is 4.47. The van der Waals surface area contributed by atoms with Crippen LogP contribution >= 0.6 is 0 Å². The summed E-state index contributed by atoms with van der Waals surface area (Å²) in [5, 5.41) is 0. The minimum Gasteiger partial charge on any atom is -0.466 e. The van der Waals surface area contributed by atoms with Crippen LogP contribution in [-0.4, -0.2) is 13.1 Å². The van der Waals surface area contributed by atoms with Gasteiger partial charge in [0.1, 0.15) is 0 Å². The first-order chi connectivity index (χ1) is 7.04. The SMILES string of the molecule is COC(=O)C=Cc1cc(C)c(N)c(N)c1. The number of carbonyl (C=O) groups is 1. The van der Waals surface area contributed by atoms with E-state index in [4.69, 9.17) is 11.5 Å². The largest absolute Gasteiger partial charge is 0.466 e. The third kappa shape index (κ3) is 2.74. The lowest BCUT2D eigenvalue weighted by Gasteiger charge is -2.05. The molecule has 80 valence electrons. The lowest BCUT2D eigenvalue weighted by Crippen LogP contribution is -1.98. The number of nitrogens with two attached hydrogens (primary N) is 2. The molecule has 0 aliphatic rings. The summed E-state index contributed by atoms with van der Waals surface area (Å²) in [4.78, 5) is 10.9. The fourth-order valence-corrected chi connectivity index (χ4v) is 1.18. The molecule has 4 N–H and O–H groups in total. The smallest absolute Gasteiger partial charge is 0.330 e. The predicted octanol–water partition coefficient (Wildman–Crippen LogP) is 1.35. The van der Waals surface area contributed by atoms with E-state index in [-0.39, 0.29) is 0 Å². The van der Waals surface area contributed by atoms with E-state index in [0.717, 1.165) is 11.1 Å². The van der Waals surface area contributed by atoms with Crippen molar-refractivity contribution in [3.8, 4) is 0 Å². The summed E-state index contributed by atoms with van der Waals surface area (Å²) in [6.07, 6.45) is 2.97. The van der Waals surface area contributed by atoms with Crippen LogP contribution in [0.4, 0.5) is 11.4 Å². The van der Waals surface area contributed by atoms with Crippen molar-refractivity contribution in [1.29, 1.82) is 0 Å². The second kappa shape index (κ2) is 4.50. The molecule has 0 aliphatic heterocycles. The van der Waals surface area contributed by atoms with Gasteiger partial charge in [0, 0.05) is 6.08 Å². The minimum absolute atomic E-state index is 0.400. The van der Waals surface area contributed by atoms with Crippen molar-refractivity contribution in [2.75, 3.05) is 18.6 Å². The first-order valence-corrected chi connectivity index (χ1v) is 4.46. The monoisotopic (exact) mass is 206 g/mol. The lowest BCUT2D eigenvalue weighted by molar-refractivity contribution is -0.134. The molecular formula is C11H14N2O2. The van der Waals surface area contributed by atoms with Gasteiger partial charge < -0.3 is 16.2 Å². The molecule has 0 unspecified atom stereocenters. The quantitative estimate of drug-likeness (QED) is 0.435. The Morgan fingerprint density at radius 3 is 2.60 bits per heavy atom. The molecular weight excluding hydrogens is 192 g/mol. The van der Waals surface area contributed by atoms with Gasteiger partial charge in [-0.2, -0.15) is 0 Å². The van der Waals surface area contributed by atoms with Crippen molar-refractivity contribution in [1.82, 2.24) is 0 Å². The molecule has 4 nitrogen and oxygen atoms in total. The molecule has 0 spiro atoms. The zero-order valence-corrected chi connectivity index (χ0v) is 8.78. The van der Waals surface area contributed by atoms with Gasteiger partial charge in [-0.3, -0.25) is 0 Å². The third-order valence-corrected chi connectivity index (χ3v) is 2.05. The van der Waals surface area contributed by atoms with E-state index in [1.807, 2.05) is 13.0 Å². The van der Waals surface area contributed by atoms with E-state index >= 15 is 0 Å². The van der Waals surface area contributed by atoms with E-state index in [1.165, 1.54) is 13.2 Å². The van der Waals surface area contributed by atoms with Crippen LogP contribution in [0.1, 0.15) is 11.1 Å². The first kappa shape index (κ1) is 11.1. The fourth-order valence-electron chi connectivity index (χ4n) is 1.18. The molecule has 0 saturated heterocycles. The topological polar surface area (TPSA) is 78.3 Å². The van der Waals surface area contributed by atoms with Gasteiger partial charge in [-0.1, -0.05) is 0 Å². The first-order valence-electron chi connectivity index (χ1n) is 4.46. The Morgan fingerprint density at radius 2 is 2.07 bits per heavy atom. The second-order valence-corrected chi connectivity index (χ2v) is 3.20. The van der Waals surface area contributed by atoms with Crippen LogP contribution in [0.5, 0.6) is 0 Å². The highest BCUT2D eigenvalue weighted by Crippen LogP contribution is 2.22. The molecule has 1 aromatic rings. The molecule has 4 heteroatoms. The Bertz CT molecular complexity index is 388. The maximum Gasteiger partial charge on any atom is 0.330 e. The fraction of sp³-hybridized carbons (Fsp3) is 0.182. The number of esters is 1. The van der Waals surface area contributed by atoms with Crippen LogP contribution in [-0.2, 0) is 9.53 Å². The number of aryl methyl sites for hydroxylation is 1. The molecule has 0 aromatic heterocycles. The molecule has 0 fully saturated rings. The molecule has 0 radical (unpaired) electrons. The summed E-state index contributed by atoms with van der Waals surface area (Å²) >= 11 is 0. The predicted molar refractivity (Wildman–Crippen MR) is 61.1 cm³/mol. The highest BCUT2D eigenvalue weighted by molar-refractivity contribution is 5.87. The number of methoxy groups -OCH3 is 1. The number of hydrogen-bond donors (Lipinski definition) is 2. The van der Waals surface area contributed by atoms with Crippen molar-refractivity contribution in [2.45, 2.75) is 6.92 Å². The standard InChI is InChI=1S/C11H14N2O2/c1-7-5-8(3-4-10(14)15-2)6-9(12)11(7)13/h3-6H,12-13H2,1-2H3. The van der Waals surface area contributed by atoms with Crippen LogP contribution in [0.2, 0.25) is 0 Å². The molecule has 0 bridgehead atoms. The molecule has 0 aliphatic carbocycles. The van der Waals surface area contributed by atoms with Gasteiger partial charge in [-0.15, -0.1) is 0 Å². The normalized spacial score (nSPS) is 10.5. The van der Waals surface area contributed by atoms with Gasteiger partial charge >= 0.3 is 5.97 Å². The molecule has 0 amide bonds. The van der Waals surface area contributed by atoms with Crippen molar-refractivity contribution >= 4 is 23.4 Å². The Hall–Kier alpha value is -1.97. The van der Waals surface area contributed by atoms with Crippen molar-refractivity contribution in [2.24, 2.45) is 0 Å². The number of carbonyl (C=O) groups excluding carboxylic acids is 1. The van der Waals surface area contributed by atoms with E-state index in [9.17, 15) is 4.79 Å². The third-order valence-electron chi connectivity index (χ3n) is 2.05. The lowest BCUT2D eigenvalue weighted by atomic mass is 10.1. The van der Waals surface area contributed by atoms with E-state index < -0.39 is 5.97 Å². The summed E-state index contributed by atoms with van der Waals surface area (Å²) in [5.74, 6) is -0.400. The molecule has 1 aromatic carbocycles. The van der Waals surface area contributed by atoms with Gasteiger partial charge in [0.05, 0.1) is 18.5 Å². The van der Waals surface area contributed by atoms with Gasteiger partial charge in [0.2, 0.25) is 0 Å². The Kier molecular flexibility index (Phi) is 3.33. The summed E-state index contributed by atoms with van der Waals surface area (Å²) in [6.45, 7) is 1.86. The minimum atomic E-state index is -0.400. The van der Waals surface area contributed by atoms with Crippen LogP contribution in [0.3, 0.4) is 0 Å². The number of benzene rings is 1. The maximum atomic E-state index is 10.9. The maximum absolute atomic E-state index is 10.9. The van der Waals surface area contributed by atoms with Crippen molar-refractivity contribution in [3.05, 3.63) is 29.3 Å². The summed E-state index contributed by atoms with van der Waals surface area (Å²) in [6, 6.07) is 3.56. The number of hydrogen-bond acceptors (Lipinski definition) is 4. The second-order valence-electron chi connectivity index (χ2n) is 3.20.